The van der Waals surface area contributed by atoms with Gasteiger partial charge in [0.15, 0.2) is 0 Å². The van der Waals surface area contributed by atoms with Crippen LogP contribution in [0.4, 0.5) is 11.4 Å². The van der Waals surface area contributed by atoms with Gasteiger partial charge in [0.2, 0.25) is 11.1 Å². The number of rotatable bonds is 7. The van der Waals surface area contributed by atoms with E-state index in [0.717, 1.165) is 43.2 Å². The van der Waals surface area contributed by atoms with E-state index in [4.69, 9.17) is 6.42 Å². The average molecular weight is 434 g/mol. The molecule has 31 heavy (non-hydrogen) atoms. The number of carbonyl (C=O) groups is 1. The maximum Gasteiger partial charge on any atom is 0.234 e. The van der Waals surface area contributed by atoms with Gasteiger partial charge in [-0.1, -0.05) is 48.0 Å². The number of nitrogens with zero attached hydrogens (tertiary/aromatic N) is 6. The molecule has 0 unspecified atom stereocenters. The van der Waals surface area contributed by atoms with Crippen molar-refractivity contribution in [3.05, 3.63) is 54.6 Å². The second-order valence-electron chi connectivity index (χ2n) is 7.03. The van der Waals surface area contributed by atoms with Gasteiger partial charge in [0.05, 0.1) is 29.4 Å². The normalized spacial score (nSPS) is 14.2. The second kappa shape index (κ2) is 10.1. The number of benzene rings is 2. The van der Waals surface area contributed by atoms with Gasteiger partial charge in [-0.3, -0.25) is 9.69 Å². The third kappa shape index (κ3) is 5.23. The van der Waals surface area contributed by atoms with Crippen molar-refractivity contribution >= 4 is 29.0 Å². The van der Waals surface area contributed by atoms with Gasteiger partial charge in [0, 0.05) is 26.2 Å². The largest absolute Gasteiger partial charge is 0.367 e. The minimum absolute atomic E-state index is 0.106. The summed E-state index contributed by atoms with van der Waals surface area (Å²) in [5.74, 6) is 2.80. The zero-order chi connectivity index (χ0) is 21.5. The molecule has 1 aliphatic rings. The van der Waals surface area contributed by atoms with E-state index in [0.29, 0.717) is 11.7 Å². The van der Waals surface area contributed by atoms with Gasteiger partial charge in [0.1, 0.15) is 0 Å². The zero-order valence-electron chi connectivity index (χ0n) is 17.0. The van der Waals surface area contributed by atoms with E-state index in [1.54, 1.807) is 4.68 Å². The van der Waals surface area contributed by atoms with Crippen molar-refractivity contribution in [3.8, 4) is 18.0 Å². The number of amides is 1. The van der Waals surface area contributed by atoms with Crippen LogP contribution in [0.15, 0.2) is 59.8 Å². The number of anilines is 2. The lowest BCUT2D eigenvalue weighted by atomic mass is 10.2. The molecule has 1 N–H and O–H groups in total. The molecule has 0 spiro atoms. The molecule has 1 aromatic heterocycles. The van der Waals surface area contributed by atoms with Gasteiger partial charge in [-0.25, -0.2) is 0 Å². The minimum Gasteiger partial charge on any atom is -0.367 e. The highest BCUT2D eigenvalue weighted by Crippen LogP contribution is 2.27. The Bertz CT molecular complexity index is 1050. The molecule has 1 amide bonds. The molecule has 1 saturated heterocycles. The van der Waals surface area contributed by atoms with Crippen LogP contribution in [-0.2, 0) is 4.79 Å². The minimum atomic E-state index is -0.106. The first kappa shape index (κ1) is 20.9. The molecule has 0 aliphatic carbocycles. The molecule has 1 fully saturated rings. The van der Waals surface area contributed by atoms with Crippen LogP contribution < -0.4 is 10.2 Å². The van der Waals surface area contributed by atoms with Crippen LogP contribution in [0.25, 0.3) is 5.69 Å². The van der Waals surface area contributed by atoms with Crippen molar-refractivity contribution in [2.75, 3.05) is 48.7 Å². The fourth-order valence-corrected chi connectivity index (χ4v) is 4.14. The van der Waals surface area contributed by atoms with Crippen LogP contribution in [0.5, 0.6) is 0 Å². The molecule has 158 valence electrons. The fourth-order valence-electron chi connectivity index (χ4n) is 3.45. The van der Waals surface area contributed by atoms with Crippen LogP contribution in [0.3, 0.4) is 0 Å². The summed E-state index contributed by atoms with van der Waals surface area (Å²) in [7, 11) is 0. The first-order valence-electron chi connectivity index (χ1n) is 10.0. The highest BCUT2D eigenvalue weighted by atomic mass is 32.2. The number of hydrogen-bond acceptors (Lipinski definition) is 7. The van der Waals surface area contributed by atoms with Gasteiger partial charge in [-0.2, -0.15) is 4.68 Å². The van der Waals surface area contributed by atoms with E-state index in [1.165, 1.54) is 11.8 Å². The van der Waals surface area contributed by atoms with Crippen LogP contribution in [-0.4, -0.2) is 69.5 Å². The molecule has 3 aromatic rings. The number of nitrogens with one attached hydrogen (secondary N) is 1. The van der Waals surface area contributed by atoms with Crippen molar-refractivity contribution in [1.29, 1.82) is 0 Å². The Morgan fingerprint density at radius 1 is 1.06 bits per heavy atom. The Kier molecular flexibility index (Phi) is 6.82. The van der Waals surface area contributed by atoms with E-state index < -0.39 is 0 Å². The zero-order valence-corrected chi connectivity index (χ0v) is 17.8. The molecule has 9 heteroatoms. The van der Waals surface area contributed by atoms with Gasteiger partial charge < -0.3 is 10.2 Å². The highest BCUT2D eigenvalue weighted by Gasteiger charge is 2.19. The van der Waals surface area contributed by atoms with Gasteiger partial charge >= 0.3 is 0 Å². The van der Waals surface area contributed by atoms with E-state index in [-0.39, 0.29) is 11.7 Å². The van der Waals surface area contributed by atoms with Crippen molar-refractivity contribution < 1.29 is 4.79 Å². The molecule has 8 nitrogen and oxygen atoms in total. The Morgan fingerprint density at radius 2 is 1.81 bits per heavy atom. The molecule has 0 bridgehead atoms. The lowest BCUT2D eigenvalue weighted by molar-refractivity contribution is -0.113. The van der Waals surface area contributed by atoms with Gasteiger partial charge in [-0.15, -0.1) is 11.5 Å². The topological polar surface area (TPSA) is 79.2 Å². The number of carbonyl (C=O) groups excluding carboxylic acids is 1. The molecule has 0 saturated carbocycles. The number of thioether (sulfide) groups is 1. The summed E-state index contributed by atoms with van der Waals surface area (Å²) < 4.78 is 1.63. The lowest BCUT2D eigenvalue weighted by Gasteiger charge is -2.36. The van der Waals surface area contributed by atoms with Crippen LogP contribution >= 0.6 is 11.8 Å². The van der Waals surface area contributed by atoms with Crippen molar-refractivity contribution in [2.24, 2.45) is 0 Å². The van der Waals surface area contributed by atoms with E-state index in [9.17, 15) is 4.79 Å². The van der Waals surface area contributed by atoms with Crippen molar-refractivity contribution in [1.82, 2.24) is 25.1 Å². The molecule has 0 atom stereocenters. The summed E-state index contributed by atoms with van der Waals surface area (Å²) in [4.78, 5) is 17.2. The SMILES string of the molecule is C#CCN1CCN(c2ccccc2NC(=O)CSc2nnnn2-c2ccccc2)CC1. The van der Waals surface area contributed by atoms with Crippen LogP contribution in [0.2, 0.25) is 0 Å². The standard InChI is InChI=1S/C22H23N7OS/c1-2-12-27-13-15-28(16-14-27)20-11-7-6-10-19(20)23-21(30)17-31-22-24-25-26-29(22)18-8-4-3-5-9-18/h1,3-11H,12-17H2,(H,23,30). The molecular formula is C22H23N7OS. The number of para-hydroxylation sites is 3. The molecule has 1 aliphatic heterocycles. The number of aromatic nitrogens is 4. The van der Waals surface area contributed by atoms with Crippen LogP contribution in [0, 0.1) is 12.3 Å². The quantitative estimate of drug-likeness (QED) is 0.452. The fraction of sp³-hybridized carbons (Fsp3) is 0.273. The summed E-state index contributed by atoms with van der Waals surface area (Å²) in [6, 6.07) is 17.5. The molecule has 2 heterocycles. The van der Waals surface area contributed by atoms with Crippen molar-refractivity contribution in [3.63, 3.8) is 0 Å². The average Bonchev–Trinajstić information content (AvgIpc) is 3.28. The summed E-state index contributed by atoms with van der Waals surface area (Å²) in [5.41, 5.74) is 2.68. The number of piperazine rings is 1. The van der Waals surface area contributed by atoms with E-state index in [2.05, 4.69) is 36.6 Å². The van der Waals surface area contributed by atoms with Crippen molar-refractivity contribution in [2.45, 2.75) is 5.16 Å². The monoisotopic (exact) mass is 433 g/mol. The van der Waals surface area contributed by atoms with Gasteiger partial charge in [-0.05, 0) is 34.7 Å². The Balaban J connectivity index is 1.37. The smallest absolute Gasteiger partial charge is 0.234 e. The van der Waals surface area contributed by atoms with E-state index in [1.807, 2.05) is 54.6 Å². The molecule has 2 aromatic carbocycles. The number of tetrazole rings is 1. The van der Waals surface area contributed by atoms with E-state index >= 15 is 0 Å². The summed E-state index contributed by atoms with van der Waals surface area (Å²) in [6.45, 7) is 4.23. The Labute approximate surface area is 185 Å². The predicted octanol–water partition coefficient (Wildman–Crippen LogP) is 2.15. The maximum absolute atomic E-state index is 12.7. The maximum atomic E-state index is 12.7. The Morgan fingerprint density at radius 3 is 2.58 bits per heavy atom. The summed E-state index contributed by atoms with van der Waals surface area (Å²) >= 11 is 1.30. The third-order valence-electron chi connectivity index (χ3n) is 4.98. The number of terminal acetylenes is 1. The third-order valence-corrected chi connectivity index (χ3v) is 5.90. The van der Waals surface area contributed by atoms with Gasteiger partial charge in [0.25, 0.3) is 0 Å². The summed E-state index contributed by atoms with van der Waals surface area (Å²) in [5, 5.41) is 15.4. The molecular weight excluding hydrogens is 410 g/mol. The number of hydrogen-bond donors (Lipinski definition) is 1. The predicted molar refractivity (Wildman–Crippen MR) is 122 cm³/mol. The second-order valence-corrected chi connectivity index (χ2v) is 7.97. The molecule has 4 rings (SSSR count). The lowest BCUT2D eigenvalue weighted by Crippen LogP contribution is -2.46. The highest BCUT2D eigenvalue weighted by molar-refractivity contribution is 7.99. The first-order chi connectivity index (χ1) is 15.2. The summed E-state index contributed by atoms with van der Waals surface area (Å²) in [6.07, 6.45) is 5.42. The molecule has 0 radical (unpaired) electrons. The van der Waals surface area contributed by atoms with Crippen LogP contribution in [0.1, 0.15) is 0 Å². The first-order valence-corrected chi connectivity index (χ1v) is 11.0. The Hall–Kier alpha value is -3.35.